The standard InChI is InChI=1S/C15H17FN2O.C2H6/c1-3-10(2)11-6-13(9-18-8-11)19-15-5-4-12(17)7-14(15)16;1-2/h4-10H,3,17H2,1-2H3;1-2H3. The van der Waals surface area contributed by atoms with E-state index in [1.54, 1.807) is 18.5 Å². The van der Waals surface area contributed by atoms with Gasteiger partial charge in [-0.3, -0.25) is 4.98 Å². The molecule has 2 rings (SSSR count). The molecule has 114 valence electrons. The molecule has 1 atom stereocenters. The molecule has 0 aliphatic carbocycles. The quantitative estimate of drug-likeness (QED) is 0.793. The molecule has 0 bridgehead atoms. The lowest BCUT2D eigenvalue weighted by atomic mass is 10.0. The van der Waals surface area contributed by atoms with Gasteiger partial charge < -0.3 is 10.5 Å². The van der Waals surface area contributed by atoms with Gasteiger partial charge in [0, 0.05) is 18.0 Å². The molecule has 2 aromatic rings. The van der Waals surface area contributed by atoms with Gasteiger partial charge in [-0.15, -0.1) is 0 Å². The van der Waals surface area contributed by atoms with Crippen LogP contribution >= 0.6 is 0 Å². The van der Waals surface area contributed by atoms with Crippen LogP contribution in [0.15, 0.2) is 36.7 Å². The summed E-state index contributed by atoms with van der Waals surface area (Å²) in [4.78, 5) is 4.12. The number of benzene rings is 1. The number of halogens is 1. The summed E-state index contributed by atoms with van der Waals surface area (Å²) in [6, 6.07) is 6.24. The molecule has 0 amide bonds. The third-order valence-electron chi connectivity index (χ3n) is 3.10. The first-order chi connectivity index (χ1) is 10.1. The molecule has 0 aliphatic rings. The molecule has 1 unspecified atom stereocenters. The first-order valence-corrected chi connectivity index (χ1v) is 7.28. The zero-order chi connectivity index (χ0) is 15.8. The van der Waals surface area contributed by atoms with Gasteiger partial charge in [0.25, 0.3) is 0 Å². The van der Waals surface area contributed by atoms with E-state index >= 15 is 0 Å². The van der Waals surface area contributed by atoms with Crippen molar-refractivity contribution >= 4 is 5.69 Å². The highest BCUT2D eigenvalue weighted by atomic mass is 19.1. The van der Waals surface area contributed by atoms with Gasteiger partial charge in [0.2, 0.25) is 0 Å². The molecule has 0 radical (unpaired) electrons. The molecule has 1 aromatic heterocycles. The molecule has 0 saturated heterocycles. The number of hydrogen-bond acceptors (Lipinski definition) is 3. The van der Waals surface area contributed by atoms with E-state index in [2.05, 4.69) is 18.8 Å². The highest BCUT2D eigenvalue weighted by molar-refractivity contribution is 5.44. The van der Waals surface area contributed by atoms with E-state index in [0.29, 0.717) is 17.4 Å². The molecule has 3 nitrogen and oxygen atoms in total. The van der Waals surface area contributed by atoms with Crippen LogP contribution in [-0.4, -0.2) is 4.98 Å². The average molecular weight is 290 g/mol. The van der Waals surface area contributed by atoms with Crippen LogP contribution in [0.4, 0.5) is 10.1 Å². The maximum atomic E-state index is 13.6. The van der Waals surface area contributed by atoms with E-state index < -0.39 is 5.82 Å². The first-order valence-electron chi connectivity index (χ1n) is 7.28. The summed E-state index contributed by atoms with van der Waals surface area (Å²) in [5.41, 5.74) is 6.95. The van der Waals surface area contributed by atoms with Gasteiger partial charge in [0.1, 0.15) is 5.75 Å². The number of hydrogen-bond donors (Lipinski definition) is 1. The fourth-order valence-corrected chi connectivity index (χ4v) is 1.72. The van der Waals surface area contributed by atoms with Crippen LogP contribution in [0.3, 0.4) is 0 Å². The Morgan fingerprint density at radius 3 is 2.57 bits per heavy atom. The Morgan fingerprint density at radius 1 is 1.24 bits per heavy atom. The molecule has 0 spiro atoms. The summed E-state index contributed by atoms with van der Waals surface area (Å²) in [7, 11) is 0. The second-order valence-corrected chi connectivity index (χ2v) is 4.56. The lowest BCUT2D eigenvalue weighted by molar-refractivity contribution is 0.440. The zero-order valence-corrected chi connectivity index (χ0v) is 13.1. The molecule has 0 fully saturated rings. The minimum absolute atomic E-state index is 0.150. The Hall–Kier alpha value is -2.10. The van der Waals surface area contributed by atoms with Gasteiger partial charge >= 0.3 is 0 Å². The van der Waals surface area contributed by atoms with Crippen molar-refractivity contribution < 1.29 is 9.13 Å². The molecule has 4 heteroatoms. The number of nitrogens with two attached hydrogens (primary N) is 1. The maximum absolute atomic E-state index is 13.6. The van der Waals surface area contributed by atoms with Crippen LogP contribution in [-0.2, 0) is 0 Å². The van der Waals surface area contributed by atoms with Crippen molar-refractivity contribution in [3.05, 3.63) is 48.0 Å². The second kappa shape index (κ2) is 8.25. The van der Waals surface area contributed by atoms with Gasteiger partial charge in [-0.2, -0.15) is 0 Å². The van der Waals surface area contributed by atoms with E-state index in [1.165, 1.54) is 12.1 Å². The van der Waals surface area contributed by atoms with Crippen molar-refractivity contribution in [3.8, 4) is 11.5 Å². The summed E-state index contributed by atoms with van der Waals surface area (Å²) in [5, 5.41) is 0. The monoisotopic (exact) mass is 290 g/mol. The summed E-state index contributed by atoms with van der Waals surface area (Å²) in [6.07, 6.45) is 4.39. The Labute approximate surface area is 126 Å². The third-order valence-corrected chi connectivity index (χ3v) is 3.10. The predicted molar refractivity (Wildman–Crippen MR) is 85.2 cm³/mol. The van der Waals surface area contributed by atoms with Crippen molar-refractivity contribution in [1.82, 2.24) is 4.98 Å². The summed E-state index contributed by atoms with van der Waals surface area (Å²) in [6.45, 7) is 8.22. The highest BCUT2D eigenvalue weighted by Gasteiger charge is 2.08. The second-order valence-electron chi connectivity index (χ2n) is 4.56. The largest absolute Gasteiger partial charge is 0.453 e. The molecule has 2 N–H and O–H groups in total. The number of ether oxygens (including phenoxy) is 1. The Bertz CT molecular complexity index is 572. The molecule has 21 heavy (non-hydrogen) atoms. The number of anilines is 1. The normalized spacial score (nSPS) is 11.3. The number of nitrogen functional groups attached to an aromatic ring is 1. The minimum Gasteiger partial charge on any atom is -0.453 e. The van der Waals surface area contributed by atoms with Gasteiger partial charge in [0.05, 0.1) is 6.20 Å². The number of rotatable bonds is 4. The molecule has 1 heterocycles. The van der Waals surface area contributed by atoms with E-state index in [-0.39, 0.29) is 5.75 Å². The van der Waals surface area contributed by atoms with Crippen molar-refractivity contribution in [3.63, 3.8) is 0 Å². The van der Waals surface area contributed by atoms with Gasteiger partial charge in [-0.25, -0.2) is 4.39 Å². The molecular formula is C17H23FN2O. The number of pyridine rings is 1. The SMILES string of the molecule is CC.CCC(C)c1cncc(Oc2ccc(N)cc2F)c1. The van der Waals surface area contributed by atoms with Crippen molar-refractivity contribution in [2.45, 2.75) is 40.0 Å². The maximum Gasteiger partial charge on any atom is 0.167 e. The topological polar surface area (TPSA) is 48.1 Å². The van der Waals surface area contributed by atoms with Crippen LogP contribution in [0.1, 0.15) is 45.6 Å². The van der Waals surface area contributed by atoms with Crippen molar-refractivity contribution in [1.29, 1.82) is 0 Å². The fourth-order valence-electron chi connectivity index (χ4n) is 1.72. The smallest absolute Gasteiger partial charge is 0.167 e. The van der Waals surface area contributed by atoms with Crippen LogP contribution in [0.5, 0.6) is 11.5 Å². The average Bonchev–Trinajstić information content (AvgIpc) is 2.51. The lowest BCUT2D eigenvalue weighted by Gasteiger charge is -2.11. The van der Waals surface area contributed by atoms with E-state index in [1.807, 2.05) is 19.9 Å². The first kappa shape index (κ1) is 17.0. The molecule has 0 aliphatic heterocycles. The van der Waals surface area contributed by atoms with Gasteiger partial charge in [-0.1, -0.05) is 27.7 Å². The summed E-state index contributed by atoms with van der Waals surface area (Å²) in [5.74, 6) is 0.597. The van der Waals surface area contributed by atoms with Crippen LogP contribution in [0.2, 0.25) is 0 Å². The van der Waals surface area contributed by atoms with Crippen molar-refractivity contribution in [2.75, 3.05) is 5.73 Å². The van der Waals surface area contributed by atoms with E-state index in [9.17, 15) is 4.39 Å². The number of nitrogens with zero attached hydrogens (tertiary/aromatic N) is 1. The van der Waals surface area contributed by atoms with E-state index in [0.717, 1.165) is 12.0 Å². The summed E-state index contributed by atoms with van der Waals surface area (Å²) >= 11 is 0. The minimum atomic E-state index is -0.478. The Morgan fingerprint density at radius 2 is 1.95 bits per heavy atom. The van der Waals surface area contributed by atoms with Crippen LogP contribution in [0.25, 0.3) is 0 Å². The molecular weight excluding hydrogens is 267 g/mol. The van der Waals surface area contributed by atoms with E-state index in [4.69, 9.17) is 10.5 Å². The predicted octanol–water partition coefficient (Wildman–Crippen LogP) is 5.13. The van der Waals surface area contributed by atoms with Gasteiger partial charge in [0.15, 0.2) is 11.6 Å². The van der Waals surface area contributed by atoms with Crippen LogP contribution in [0, 0.1) is 5.82 Å². The van der Waals surface area contributed by atoms with Gasteiger partial charge in [-0.05, 0) is 36.1 Å². The van der Waals surface area contributed by atoms with Crippen molar-refractivity contribution in [2.24, 2.45) is 0 Å². The Kier molecular flexibility index (Phi) is 6.66. The Balaban J connectivity index is 0.00000106. The number of aromatic nitrogens is 1. The third kappa shape index (κ3) is 4.74. The molecule has 0 saturated carbocycles. The fraction of sp³-hybridized carbons (Fsp3) is 0.353. The highest BCUT2D eigenvalue weighted by Crippen LogP contribution is 2.28. The molecule has 1 aromatic carbocycles. The zero-order valence-electron chi connectivity index (χ0n) is 13.1. The lowest BCUT2D eigenvalue weighted by Crippen LogP contribution is -1.95. The summed E-state index contributed by atoms with van der Waals surface area (Å²) < 4.78 is 19.1. The van der Waals surface area contributed by atoms with Crippen LogP contribution < -0.4 is 10.5 Å².